The van der Waals surface area contributed by atoms with Crippen LogP contribution in [0.2, 0.25) is 0 Å². The Morgan fingerprint density at radius 3 is 2.43 bits per heavy atom. The first-order valence-corrected chi connectivity index (χ1v) is 10.1. The van der Waals surface area contributed by atoms with Crippen LogP contribution in [0.4, 0.5) is 0 Å². The van der Waals surface area contributed by atoms with Gasteiger partial charge in [0.25, 0.3) is 5.91 Å². The molecule has 158 valence electrons. The monoisotopic (exact) mass is 408 g/mol. The summed E-state index contributed by atoms with van der Waals surface area (Å²) in [6.45, 7) is 3.27. The van der Waals surface area contributed by atoms with Gasteiger partial charge in [0, 0.05) is 30.8 Å². The van der Waals surface area contributed by atoms with Crippen molar-refractivity contribution in [1.29, 1.82) is 0 Å². The molecule has 1 aliphatic heterocycles. The van der Waals surface area contributed by atoms with Crippen LogP contribution in [-0.4, -0.2) is 50.1 Å². The second-order valence-electron chi connectivity index (χ2n) is 7.39. The fourth-order valence-electron chi connectivity index (χ4n) is 3.54. The zero-order chi connectivity index (χ0) is 21.5. The Morgan fingerprint density at radius 1 is 1.03 bits per heavy atom. The lowest BCUT2D eigenvalue weighted by Crippen LogP contribution is -2.46. The van der Waals surface area contributed by atoms with Crippen LogP contribution in [0.1, 0.15) is 34.3 Å². The number of nitrogens with zero attached hydrogens (tertiary/aromatic N) is 1. The average molecular weight is 408 g/mol. The SMILES string of the molecule is COc1ccc(C(=O)NC2CCN(C(=O)/C=C/c3cccc(C)c3)CC2)cc1OC. The molecular weight excluding hydrogens is 380 g/mol. The summed E-state index contributed by atoms with van der Waals surface area (Å²) < 4.78 is 10.5. The fraction of sp³-hybridized carbons (Fsp3) is 0.333. The maximum absolute atomic E-state index is 12.6. The predicted molar refractivity (Wildman–Crippen MR) is 117 cm³/mol. The molecule has 30 heavy (non-hydrogen) atoms. The van der Waals surface area contributed by atoms with Crippen molar-refractivity contribution in [3.63, 3.8) is 0 Å². The maximum Gasteiger partial charge on any atom is 0.251 e. The highest BCUT2D eigenvalue weighted by molar-refractivity contribution is 5.95. The van der Waals surface area contributed by atoms with Crippen molar-refractivity contribution in [2.24, 2.45) is 0 Å². The lowest BCUT2D eigenvalue weighted by atomic mass is 10.0. The third kappa shape index (κ3) is 5.41. The standard InChI is InChI=1S/C24H28N2O4/c1-17-5-4-6-18(15-17)7-10-23(27)26-13-11-20(12-14-26)25-24(28)19-8-9-21(29-2)22(16-19)30-3/h4-10,15-16,20H,11-14H2,1-3H3,(H,25,28)/b10-7+. The number of amides is 2. The van der Waals surface area contributed by atoms with Crippen LogP contribution in [-0.2, 0) is 4.79 Å². The van der Waals surface area contributed by atoms with Crippen LogP contribution in [0.15, 0.2) is 48.5 Å². The van der Waals surface area contributed by atoms with Gasteiger partial charge in [0.2, 0.25) is 5.91 Å². The minimum Gasteiger partial charge on any atom is -0.493 e. The first-order chi connectivity index (χ1) is 14.5. The Kier molecular flexibility index (Phi) is 7.12. The zero-order valence-electron chi connectivity index (χ0n) is 17.7. The van der Waals surface area contributed by atoms with Crippen LogP contribution in [0.3, 0.4) is 0 Å². The third-order valence-corrected chi connectivity index (χ3v) is 5.25. The molecule has 0 bridgehead atoms. The van der Waals surface area contributed by atoms with Gasteiger partial charge in [-0.15, -0.1) is 0 Å². The number of ether oxygens (including phenoxy) is 2. The number of carbonyl (C=O) groups excluding carboxylic acids is 2. The normalized spacial score (nSPS) is 14.6. The van der Waals surface area contributed by atoms with Crippen molar-refractivity contribution in [1.82, 2.24) is 10.2 Å². The van der Waals surface area contributed by atoms with Crippen molar-refractivity contribution in [2.45, 2.75) is 25.8 Å². The minimum atomic E-state index is -0.153. The molecule has 1 N–H and O–H groups in total. The smallest absolute Gasteiger partial charge is 0.251 e. The van der Waals surface area contributed by atoms with Gasteiger partial charge in [-0.1, -0.05) is 29.8 Å². The molecule has 0 radical (unpaired) electrons. The lowest BCUT2D eigenvalue weighted by Gasteiger charge is -2.31. The molecule has 0 atom stereocenters. The molecule has 0 aromatic heterocycles. The lowest BCUT2D eigenvalue weighted by molar-refractivity contribution is -0.126. The van der Waals surface area contributed by atoms with E-state index in [9.17, 15) is 9.59 Å². The molecule has 0 unspecified atom stereocenters. The fourth-order valence-corrected chi connectivity index (χ4v) is 3.54. The average Bonchev–Trinajstić information content (AvgIpc) is 2.77. The molecule has 6 nitrogen and oxygen atoms in total. The zero-order valence-corrected chi connectivity index (χ0v) is 17.7. The van der Waals surface area contributed by atoms with E-state index in [1.807, 2.05) is 42.2 Å². The van der Waals surface area contributed by atoms with E-state index < -0.39 is 0 Å². The number of carbonyl (C=O) groups is 2. The van der Waals surface area contributed by atoms with Crippen molar-refractivity contribution >= 4 is 17.9 Å². The molecule has 0 saturated carbocycles. The second kappa shape index (κ2) is 9.96. The minimum absolute atomic E-state index is 0.00109. The molecule has 2 aromatic rings. The number of methoxy groups -OCH3 is 2. The van der Waals surface area contributed by atoms with E-state index in [0.29, 0.717) is 30.2 Å². The highest BCUT2D eigenvalue weighted by atomic mass is 16.5. The maximum atomic E-state index is 12.6. The molecule has 1 saturated heterocycles. The van der Waals surface area contributed by atoms with E-state index in [0.717, 1.165) is 24.0 Å². The number of hydrogen-bond donors (Lipinski definition) is 1. The van der Waals surface area contributed by atoms with Crippen LogP contribution >= 0.6 is 0 Å². The molecule has 0 spiro atoms. The molecule has 2 amide bonds. The summed E-state index contributed by atoms with van der Waals surface area (Å²) >= 11 is 0. The van der Waals surface area contributed by atoms with Gasteiger partial charge in [-0.2, -0.15) is 0 Å². The Hall–Kier alpha value is -3.28. The first kappa shape index (κ1) is 21.4. The van der Waals surface area contributed by atoms with Gasteiger partial charge >= 0.3 is 0 Å². The Labute approximate surface area is 177 Å². The highest BCUT2D eigenvalue weighted by Crippen LogP contribution is 2.27. The Bertz CT molecular complexity index is 931. The van der Waals surface area contributed by atoms with Crippen molar-refractivity contribution in [2.75, 3.05) is 27.3 Å². The molecule has 6 heteroatoms. The predicted octanol–water partition coefficient (Wildman–Crippen LogP) is 3.45. The highest BCUT2D eigenvalue weighted by Gasteiger charge is 2.23. The van der Waals surface area contributed by atoms with E-state index >= 15 is 0 Å². The van der Waals surface area contributed by atoms with E-state index in [4.69, 9.17) is 9.47 Å². The quantitative estimate of drug-likeness (QED) is 0.744. The van der Waals surface area contributed by atoms with Gasteiger partial charge in [0.15, 0.2) is 11.5 Å². The summed E-state index contributed by atoms with van der Waals surface area (Å²) in [6.07, 6.45) is 4.92. The van der Waals surface area contributed by atoms with Gasteiger partial charge in [-0.3, -0.25) is 9.59 Å². The molecule has 0 aliphatic carbocycles. The Balaban J connectivity index is 1.51. The van der Waals surface area contributed by atoms with Crippen LogP contribution in [0.5, 0.6) is 11.5 Å². The van der Waals surface area contributed by atoms with Crippen LogP contribution < -0.4 is 14.8 Å². The van der Waals surface area contributed by atoms with E-state index in [2.05, 4.69) is 5.32 Å². The van der Waals surface area contributed by atoms with Gasteiger partial charge in [0.1, 0.15) is 0 Å². The Morgan fingerprint density at radius 2 is 1.77 bits per heavy atom. The third-order valence-electron chi connectivity index (χ3n) is 5.25. The second-order valence-corrected chi connectivity index (χ2v) is 7.39. The molecule has 3 rings (SSSR count). The van der Waals surface area contributed by atoms with Gasteiger partial charge in [-0.05, 0) is 49.6 Å². The summed E-state index contributed by atoms with van der Waals surface area (Å²) in [7, 11) is 3.10. The van der Waals surface area contributed by atoms with Crippen LogP contribution in [0.25, 0.3) is 6.08 Å². The van der Waals surface area contributed by atoms with Gasteiger partial charge in [0.05, 0.1) is 14.2 Å². The van der Waals surface area contributed by atoms with Gasteiger partial charge in [-0.25, -0.2) is 0 Å². The van der Waals surface area contributed by atoms with Crippen molar-refractivity contribution < 1.29 is 19.1 Å². The number of rotatable bonds is 6. The number of nitrogens with one attached hydrogen (secondary N) is 1. The summed E-state index contributed by atoms with van der Waals surface area (Å²) in [6, 6.07) is 13.2. The van der Waals surface area contributed by atoms with E-state index in [1.165, 1.54) is 0 Å². The number of piperidine rings is 1. The number of benzene rings is 2. The largest absolute Gasteiger partial charge is 0.493 e. The molecule has 1 aliphatic rings. The first-order valence-electron chi connectivity index (χ1n) is 10.1. The molecule has 1 heterocycles. The van der Waals surface area contributed by atoms with Gasteiger partial charge < -0.3 is 19.7 Å². The number of hydrogen-bond acceptors (Lipinski definition) is 4. The molecular formula is C24H28N2O4. The number of likely N-dealkylation sites (tertiary alicyclic amines) is 1. The summed E-state index contributed by atoms with van der Waals surface area (Å²) in [5.41, 5.74) is 2.70. The van der Waals surface area contributed by atoms with Crippen molar-refractivity contribution in [3.05, 3.63) is 65.2 Å². The topological polar surface area (TPSA) is 67.9 Å². The molecule has 2 aromatic carbocycles. The molecule has 1 fully saturated rings. The van der Waals surface area contributed by atoms with E-state index in [1.54, 1.807) is 38.5 Å². The van der Waals surface area contributed by atoms with Crippen molar-refractivity contribution in [3.8, 4) is 11.5 Å². The number of aryl methyl sites for hydroxylation is 1. The summed E-state index contributed by atoms with van der Waals surface area (Å²) in [4.78, 5) is 26.9. The summed E-state index contributed by atoms with van der Waals surface area (Å²) in [5.74, 6) is 0.951. The van der Waals surface area contributed by atoms with E-state index in [-0.39, 0.29) is 17.9 Å². The van der Waals surface area contributed by atoms with Crippen LogP contribution in [0, 0.1) is 6.92 Å². The summed E-state index contributed by atoms with van der Waals surface area (Å²) in [5, 5.41) is 3.06.